The van der Waals surface area contributed by atoms with E-state index in [0.29, 0.717) is 16.3 Å². The standard InChI is InChI=1S/C11H6BrFN2O/c12-7-4-14-11(16)9-6-3-5(13)1-2-8(6)15-10(7)9/h1-4,15H,(H,14,16). The van der Waals surface area contributed by atoms with E-state index in [1.54, 1.807) is 6.07 Å². The fourth-order valence-electron chi connectivity index (χ4n) is 1.82. The van der Waals surface area contributed by atoms with Crippen LogP contribution in [0.4, 0.5) is 4.39 Å². The summed E-state index contributed by atoms with van der Waals surface area (Å²) in [5, 5.41) is 10.9. The lowest BCUT2D eigenvalue weighted by atomic mass is 10.2. The van der Waals surface area contributed by atoms with Gasteiger partial charge in [0.1, 0.15) is 5.82 Å². The molecule has 0 fully saturated rings. The van der Waals surface area contributed by atoms with Crippen molar-refractivity contribution in [3.63, 3.8) is 0 Å². The first kappa shape index (κ1) is 9.59. The Bertz CT molecular complexity index is 708. The number of rotatable bonds is 0. The minimum Gasteiger partial charge on any atom is -0.493 e. The van der Waals surface area contributed by atoms with Gasteiger partial charge in [-0.3, -0.25) is 0 Å². The molecule has 0 aliphatic rings. The lowest BCUT2D eigenvalue weighted by Gasteiger charge is -1.96. The summed E-state index contributed by atoms with van der Waals surface area (Å²) in [5.41, 5.74) is 1.48. The molecule has 0 saturated carbocycles. The van der Waals surface area contributed by atoms with Crippen molar-refractivity contribution in [3.05, 3.63) is 34.7 Å². The second-order valence-corrected chi connectivity index (χ2v) is 4.35. The van der Waals surface area contributed by atoms with Crippen molar-refractivity contribution in [2.24, 2.45) is 0 Å². The number of hydrogen-bond donors (Lipinski definition) is 2. The first-order valence-electron chi connectivity index (χ1n) is 4.61. The van der Waals surface area contributed by atoms with E-state index in [2.05, 4.69) is 25.9 Å². The Hall–Kier alpha value is -1.62. The summed E-state index contributed by atoms with van der Waals surface area (Å²) in [6.07, 6.45) is 1.50. The minimum absolute atomic E-state index is 0.102. The van der Waals surface area contributed by atoms with Crippen LogP contribution in [0.3, 0.4) is 0 Å². The predicted octanol–water partition coefficient (Wildman–Crippen LogP) is 3.32. The second kappa shape index (κ2) is 3.18. The molecule has 0 spiro atoms. The fourth-order valence-corrected chi connectivity index (χ4v) is 2.22. The van der Waals surface area contributed by atoms with Gasteiger partial charge in [0.05, 0.1) is 15.4 Å². The molecule has 0 aliphatic heterocycles. The number of aromatic nitrogens is 2. The molecule has 3 nitrogen and oxygen atoms in total. The predicted molar refractivity (Wildman–Crippen MR) is 62.9 cm³/mol. The van der Waals surface area contributed by atoms with Gasteiger partial charge in [0.2, 0.25) is 5.88 Å². The van der Waals surface area contributed by atoms with Crippen LogP contribution < -0.4 is 0 Å². The monoisotopic (exact) mass is 280 g/mol. The highest BCUT2D eigenvalue weighted by Crippen LogP contribution is 2.34. The number of aromatic amines is 1. The number of aromatic hydroxyl groups is 1. The fraction of sp³-hybridized carbons (Fsp3) is 0. The molecular weight excluding hydrogens is 275 g/mol. The Labute approximate surface area is 98.1 Å². The molecule has 3 rings (SSSR count). The van der Waals surface area contributed by atoms with Crippen LogP contribution in [-0.4, -0.2) is 15.1 Å². The van der Waals surface area contributed by atoms with Crippen LogP contribution >= 0.6 is 15.9 Å². The van der Waals surface area contributed by atoms with Gasteiger partial charge in [-0.15, -0.1) is 0 Å². The zero-order valence-corrected chi connectivity index (χ0v) is 9.55. The smallest absolute Gasteiger partial charge is 0.221 e. The second-order valence-electron chi connectivity index (χ2n) is 3.49. The SMILES string of the molecule is Oc1ncc(Br)c2[nH]c3ccc(F)cc3c12. The van der Waals surface area contributed by atoms with Gasteiger partial charge in [0, 0.05) is 17.1 Å². The molecule has 3 aromatic rings. The number of nitrogens with one attached hydrogen (secondary N) is 1. The van der Waals surface area contributed by atoms with Crippen LogP contribution in [0.1, 0.15) is 0 Å². The molecule has 0 unspecified atom stereocenters. The molecule has 2 aromatic heterocycles. The highest BCUT2D eigenvalue weighted by atomic mass is 79.9. The van der Waals surface area contributed by atoms with E-state index in [0.717, 1.165) is 9.99 Å². The summed E-state index contributed by atoms with van der Waals surface area (Å²) >= 11 is 3.33. The molecule has 0 radical (unpaired) electrons. The normalized spacial score (nSPS) is 11.4. The van der Waals surface area contributed by atoms with E-state index in [9.17, 15) is 9.50 Å². The van der Waals surface area contributed by atoms with E-state index in [1.807, 2.05) is 0 Å². The van der Waals surface area contributed by atoms with E-state index in [4.69, 9.17) is 0 Å². The van der Waals surface area contributed by atoms with Crippen LogP contribution in [0.5, 0.6) is 5.88 Å². The average molecular weight is 281 g/mol. The van der Waals surface area contributed by atoms with Crippen molar-refractivity contribution in [1.29, 1.82) is 0 Å². The summed E-state index contributed by atoms with van der Waals surface area (Å²) in [7, 11) is 0. The molecule has 1 aromatic carbocycles. The maximum atomic E-state index is 13.1. The number of halogens is 2. The molecule has 0 atom stereocenters. The van der Waals surface area contributed by atoms with Gasteiger partial charge in [0.25, 0.3) is 0 Å². The molecule has 0 amide bonds. The molecule has 80 valence electrons. The van der Waals surface area contributed by atoms with Crippen LogP contribution in [-0.2, 0) is 0 Å². The van der Waals surface area contributed by atoms with Crippen molar-refractivity contribution in [3.8, 4) is 5.88 Å². The molecule has 2 heterocycles. The molecule has 0 aliphatic carbocycles. The number of H-pyrrole nitrogens is 1. The van der Waals surface area contributed by atoms with Crippen LogP contribution in [0.25, 0.3) is 21.8 Å². The minimum atomic E-state index is -0.340. The molecular formula is C11H6BrFN2O. The van der Waals surface area contributed by atoms with Gasteiger partial charge in [0.15, 0.2) is 0 Å². The Morgan fingerprint density at radius 3 is 3.00 bits per heavy atom. The quantitative estimate of drug-likeness (QED) is 0.664. The zero-order chi connectivity index (χ0) is 11.3. The summed E-state index contributed by atoms with van der Waals surface area (Å²) < 4.78 is 13.9. The van der Waals surface area contributed by atoms with Crippen molar-refractivity contribution >= 4 is 37.7 Å². The zero-order valence-electron chi connectivity index (χ0n) is 7.96. The highest BCUT2D eigenvalue weighted by Gasteiger charge is 2.12. The number of benzene rings is 1. The first-order chi connectivity index (χ1) is 7.66. The van der Waals surface area contributed by atoms with Gasteiger partial charge in [-0.1, -0.05) is 0 Å². The average Bonchev–Trinajstić information content (AvgIpc) is 2.63. The van der Waals surface area contributed by atoms with E-state index in [1.165, 1.54) is 18.3 Å². The van der Waals surface area contributed by atoms with E-state index >= 15 is 0 Å². The third kappa shape index (κ3) is 1.21. The molecule has 2 N–H and O–H groups in total. The molecule has 5 heteroatoms. The largest absolute Gasteiger partial charge is 0.493 e. The van der Waals surface area contributed by atoms with Crippen molar-refractivity contribution in [2.75, 3.05) is 0 Å². The molecule has 0 saturated heterocycles. The Kier molecular flexibility index (Phi) is 1.91. The third-order valence-corrected chi connectivity index (χ3v) is 3.12. The van der Waals surface area contributed by atoms with E-state index in [-0.39, 0.29) is 11.7 Å². The molecule has 16 heavy (non-hydrogen) atoms. The van der Waals surface area contributed by atoms with E-state index < -0.39 is 0 Å². The highest BCUT2D eigenvalue weighted by molar-refractivity contribution is 9.10. The van der Waals surface area contributed by atoms with Crippen LogP contribution in [0.15, 0.2) is 28.9 Å². The maximum Gasteiger partial charge on any atom is 0.221 e. The number of nitrogens with zero attached hydrogens (tertiary/aromatic N) is 1. The van der Waals surface area contributed by atoms with Crippen LogP contribution in [0.2, 0.25) is 0 Å². The van der Waals surface area contributed by atoms with Crippen LogP contribution in [0, 0.1) is 5.82 Å². The van der Waals surface area contributed by atoms with Gasteiger partial charge in [-0.05, 0) is 34.1 Å². The number of pyridine rings is 1. The Morgan fingerprint density at radius 1 is 1.38 bits per heavy atom. The topological polar surface area (TPSA) is 48.9 Å². The summed E-state index contributed by atoms with van der Waals surface area (Å²) in [5.74, 6) is -0.442. The van der Waals surface area contributed by atoms with Gasteiger partial charge in [-0.25, -0.2) is 9.37 Å². The maximum absolute atomic E-state index is 13.1. The van der Waals surface area contributed by atoms with Gasteiger partial charge in [-0.2, -0.15) is 0 Å². The lowest BCUT2D eigenvalue weighted by Crippen LogP contribution is -1.77. The summed E-state index contributed by atoms with van der Waals surface area (Å²) in [6, 6.07) is 4.38. The number of fused-ring (bicyclic) bond motifs is 3. The Morgan fingerprint density at radius 2 is 2.19 bits per heavy atom. The van der Waals surface area contributed by atoms with Gasteiger partial charge >= 0.3 is 0 Å². The van der Waals surface area contributed by atoms with Crippen molar-refractivity contribution < 1.29 is 9.50 Å². The first-order valence-corrected chi connectivity index (χ1v) is 5.40. The summed E-state index contributed by atoms with van der Waals surface area (Å²) in [4.78, 5) is 6.93. The summed E-state index contributed by atoms with van der Waals surface area (Å²) in [6.45, 7) is 0. The lowest BCUT2D eigenvalue weighted by molar-refractivity contribution is 0.460. The molecule has 0 bridgehead atoms. The van der Waals surface area contributed by atoms with Crippen molar-refractivity contribution in [2.45, 2.75) is 0 Å². The van der Waals surface area contributed by atoms with Gasteiger partial charge < -0.3 is 10.1 Å². The van der Waals surface area contributed by atoms with Crippen molar-refractivity contribution in [1.82, 2.24) is 9.97 Å². The third-order valence-electron chi connectivity index (χ3n) is 2.52. The number of hydrogen-bond acceptors (Lipinski definition) is 2. The Balaban J connectivity index is 2.62.